The fourth-order valence-corrected chi connectivity index (χ4v) is 3.16. The summed E-state index contributed by atoms with van der Waals surface area (Å²) in [6, 6.07) is 17.3. The van der Waals surface area contributed by atoms with Gasteiger partial charge in [0.2, 0.25) is 0 Å². The van der Waals surface area contributed by atoms with Crippen LogP contribution in [0.4, 0.5) is 14.5 Å². The van der Waals surface area contributed by atoms with Gasteiger partial charge in [-0.25, -0.2) is 8.78 Å². The van der Waals surface area contributed by atoms with Gasteiger partial charge in [-0.05, 0) is 66.1 Å². The van der Waals surface area contributed by atoms with Crippen LogP contribution in [0.1, 0.15) is 5.56 Å². The molecule has 0 amide bonds. The summed E-state index contributed by atoms with van der Waals surface area (Å²) < 4.78 is 27.1. The average molecular weight is 334 g/mol. The molecule has 0 aliphatic rings. The van der Waals surface area contributed by atoms with Crippen molar-refractivity contribution in [3.63, 3.8) is 0 Å². The van der Waals surface area contributed by atoms with Crippen molar-refractivity contribution >= 4 is 16.6 Å². The van der Waals surface area contributed by atoms with Gasteiger partial charge < -0.3 is 10.7 Å². The smallest absolute Gasteiger partial charge is 0.135 e. The van der Waals surface area contributed by atoms with Crippen molar-refractivity contribution in [2.45, 2.75) is 6.92 Å². The van der Waals surface area contributed by atoms with Gasteiger partial charge >= 0.3 is 0 Å². The number of nitrogen functional groups attached to an aromatic ring is 1. The highest BCUT2D eigenvalue weighted by molar-refractivity contribution is 5.90. The third-order valence-corrected chi connectivity index (χ3v) is 4.40. The lowest BCUT2D eigenvalue weighted by atomic mass is 9.99. The standard InChI is InChI=1S/C21H16F2N2/c1-12-8-16(24)4-6-17(12)13-2-7-20-14(9-13)10-21(25-20)18-5-3-15(22)11-19(18)23/h2-11,25H,24H2,1H3. The average Bonchev–Trinajstić information content (AvgIpc) is 2.97. The lowest BCUT2D eigenvalue weighted by Gasteiger charge is -2.07. The zero-order chi connectivity index (χ0) is 17.6. The number of hydrogen-bond donors (Lipinski definition) is 2. The number of nitrogens with two attached hydrogens (primary N) is 1. The highest BCUT2D eigenvalue weighted by Gasteiger charge is 2.11. The van der Waals surface area contributed by atoms with Crippen molar-refractivity contribution in [1.82, 2.24) is 4.98 Å². The van der Waals surface area contributed by atoms with Gasteiger partial charge in [-0.2, -0.15) is 0 Å². The lowest BCUT2D eigenvalue weighted by molar-refractivity contribution is 0.585. The zero-order valence-corrected chi connectivity index (χ0v) is 13.6. The Hall–Kier alpha value is -3.14. The molecular formula is C21H16F2N2. The number of nitrogens with one attached hydrogen (secondary N) is 1. The Balaban J connectivity index is 1.82. The van der Waals surface area contributed by atoms with E-state index in [1.54, 1.807) is 0 Å². The van der Waals surface area contributed by atoms with Crippen LogP contribution in [-0.4, -0.2) is 4.98 Å². The third-order valence-electron chi connectivity index (χ3n) is 4.40. The molecule has 4 heteroatoms. The number of hydrogen-bond acceptors (Lipinski definition) is 1. The summed E-state index contributed by atoms with van der Waals surface area (Å²) in [5.41, 5.74) is 11.7. The van der Waals surface area contributed by atoms with Crippen molar-refractivity contribution in [3.8, 4) is 22.4 Å². The van der Waals surface area contributed by atoms with Crippen LogP contribution in [0.3, 0.4) is 0 Å². The van der Waals surface area contributed by atoms with Crippen LogP contribution in [0.2, 0.25) is 0 Å². The fourth-order valence-electron chi connectivity index (χ4n) is 3.16. The highest BCUT2D eigenvalue weighted by atomic mass is 19.1. The SMILES string of the molecule is Cc1cc(N)ccc1-c1ccc2[nH]c(-c3ccc(F)cc3F)cc2c1. The summed E-state index contributed by atoms with van der Waals surface area (Å²) in [6.07, 6.45) is 0. The molecule has 0 atom stereocenters. The first-order chi connectivity index (χ1) is 12.0. The monoisotopic (exact) mass is 334 g/mol. The van der Waals surface area contributed by atoms with Gasteiger partial charge in [-0.1, -0.05) is 12.1 Å². The lowest BCUT2D eigenvalue weighted by Crippen LogP contribution is -1.88. The van der Waals surface area contributed by atoms with E-state index in [1.807, 2.05) is 43.3 Å². The maximum atomic E-state index is 14.0. The third kappa shape index (κ3) is 2.76. The Morgan fingerprint density at radius 1 is 0.840 bits per heavy atom. The number of fused-ring (bicyclic) bond motifs is 1. The molecule has 0 bridgehead atoms. The summed E-state index contributed by atoms with van der Waals surface area (Å²) in [7, 11) is 0. The zero-order valence-electron chi connectivity index (χ0n) is 13.6. The number of H-pyrrole nitrogens is 1. The van der Waals surface area contributed by atoms with Gasteiger partial charge in [-0.3, -0.25) is 0 Å². The first-order valence-electron chi connectivity index (χ1n) is 7.96. The van der Waals surface area contributed by atoms with Crippen molar-refractivity contribution in [1.29, 1.82) is 0 Å². The summed E-state index contributed by atoms with van der Waals surface area (Å²) in [6.45, 7) is 2.02. The van der Waals surface area contributed by atoms with Crippen molar-refractivity contribution < 1.29 is 8.78 Å². The number of aryl methyl sites for hydroxylation is 1. The first-order valence-corrected chi connectivity index (χ1v) is 7.96. The topological polar surface area (TPSA) is 41.8 Å². The van der Waals surface area contributed by atoms with Gasteiger partial charge in [0, 0.05) is 33.9 Å². The maximum absolute atomic E-state index is 14.0. The molecule has 0 saturated carbocycles. The van der Waals surface area contributed by atoms with Crippen molar-refractivity contribution in [2.24, 2.45) is 0 Å². The van der Waals surface area contributed by atoms with E-state index in [2.05, 4.69) is 11.1 Å². The molecule has 0 radical (unpaired) electrons. The minimum Gasteiger partial charge on any atom is -0.399 e. The van der Waals surface area contributed by atoms with Crippen LogP contribution in [0.5, 0.6) is 0 Å². The Morgan fingerprint density at radius 2 is 1.64 bits per heavy atom. The molecule has 0 unspecified atom stereocenters. The Bertz CT molecular complexity index is 1050. The number of aromatic nitrogens is 1. The number of anilines is 1. The molecule has 25 heavy (non-hydrogen) atoms. The van der Waals surface area contributed by atoms with E-state index in [-0.39, 0.29) is 0 Å². The molecule has 0 aliphatic carbocycles. The second-order valence-corrected chi connectivity index (χ2v) is 6.18. The minimum absolute atomic E-state index is 0.350. The molecule has 0 fully saturated rings. The van der Waals surface area contributed by atoms with E-state index in [9.17, 15) is 8.78 Å². The van der Waals surface area contributed by atoms with E-state index in [0.29, 0.717) is 11.3 Å². The number of rotatable bonds is 2. The summed E-state index contributed by atoms with van der Waals surface area (Å²) in [4.78, 5) is 3.19. The normalized spacial score (nSPS) is 11.2. The Kier molecular flexibility index (Phi) is 3.53. The highest BCUT2D eigenvalue weighted by Crippen LogP contribution is 2.31. The number of halogens is 2. The molecule has 4 aromatic rings. The van der Waals surface area contributed by atoms with E-state index in [1.165, 1.54) is 12.1 Å². The number of benzene rings is 3. The summed E-state index contributed by atoms with van der Waals surface area (Å²) >= 11 is 0. The maximum Gasteiger partial charge on any atom is 0.135 e. The van der Waals surface area contributed by atoms with E-state index < -0.39 is 11.6 Å². The molecule has 1 aromatic heterocycles. The molecule has 0 aliphatic heterocycles. The minimum atomic E-state index is -0.585. The molecule has 124 valence electrons. The van der Waals surface area contributed by atoms with E-state index >= 15 is 0 Å². The predicted molar refractivity (Wildman–Crippen MR) is 98.2 cm³/mol. The molecule has 0 saturated heterocycles. The molecule has 4 rings (SSSR count). The van der Waals surface area contributed by atoms with Gasteiger partial charge in [0.25, 0.3) is 0 Å². The van der Waals surface area contributed by atoms with E-state index in [0.717, 1.165) is 39.3 Å². The van der Waals surface area contributed by atoms with E-state index in [4.69, 9.17) is 5.73 Å². The Morgan fingerprint density at radius 3 is 2.40 bits per heavy atom. The van der Waals surface area contributed by atoms with Gasteiger partial charge in [-0.15, -0.1) is 0 Å². The Labute approximate surface area is 143 Å². The predicted octanol–water partition coefficient (Wildman–Crippen LogP) is 5.67. The summed E-state index contributed by atoms with van der Waals surface area (Å²) in [5.74, 6) is -1.17. The van der Waals surface area contributed by atoms with Crippen LogP contribution in [0.15, 0.2) is 60.7 Å². The molecule has 1 heterocycles. The second kappa shape index (κ2) is 5.74. The largest absolute Gasteiger partial charge is 0.399 e. The van der Waals surface area contributed by atoms with Crippen LogP contribution in [0.25, 0.3) is 33.3 Å². The van der Waals surface area contributed by atoms with Gasteiger partial charge in [0.1, 0.15) is 11.6 Å². The van der Waals surface area contributed by atoms with Crippen LogP contribution in [0, 0.1) is 18.6 Å². The molecular weight excluding hydrogens is 318 g/mol. The quantitative estimate of drug-likeness (QED) is 0.456. The van der Waals surface area contributed by atoms with Gasteiger partial charge in [0.15, 0.2) is 0 Å². The summed E-state index contributed by atoms with van der Waals surface area (Å²) in [5, 5.41) is 0.965. The first kappa shape index (κ1) is 15.4. The molecule has 2 nitrogen and oxygen atoms in total. The van der Waals surface area contributed by atoms with Crippen LogP contribution in [-0.2, 0) is 0 Å². The van der Waals surface area contributed by atoms with Crippen LogP contribution >= 0.6 is 0 Å². The number of aromatic amines is 1. The van der Waals surface area contributed by atoms with Crippen molar-refractivity contribution in [3.05, 3.63) is 77.9 Å². The fraction of sp³-hybridized carbons (Fsp3) is 0.0476. The molecule has 0 spiro atoms. The molecule has 3 aromatic carbocycles. The van der Waals surface area contributed by atoms with Gasteiger partial charge in [0.05, 0.1) is 0 Å². The second-order valence-electron chi connectivity index (χ2n) is 6.18. The van der Waals surface area contributed by atoms with Crippen LogP contribution < -0.4 is 5.73 Å². The molecule has 3 N–H and O–H groups in total. The van der Waals surface area contributed by atoms with Crippen molar-refractivity contribution in [2.75, 3.05) is 5.73 Å².